The molecule has 1 saturated heterocycles. The second-order valence-electron chi connectivity index (χ2n) is 6.55. The van der Waals surface area contributed by atoms with Gasteiger partial charge in [-0.15, -0.1) is 11.8 Å². The molecule has 4 N–H and O–H groups in total. The van der Waals surface area contributed by atoms with E-state index in [4.69, 9.17) is 0 Å². The van der Waals surface area contributed by atoms with Crippen LogP contribution in [0, 0.1) is 0 Å². The molecule has 0 bridgehead atoms. The SMILES string of the molecule is O=C(O)C1=C(CSc2ncn[nH]2)CS[C@@H]2C(NC(=O)C(O)c3ccccc3)C(=O)N12. The lowest BCUT2D eigenvalue weighted by Crippen LogP contribution is -2.70. The van der Waals surface area contributed by atoms with E-state index in [0.29, 0.717) is 27.8 Å². The van der Waals surface area contributed by atoms with E-state index < -0.39 is 35.3 Å². The number of carbonyl (C=O) groups is 3. The fourth-order valence-corrected chi connectivity index (χ4v) is 5.50. The predicted octanol–water partition coefficient (Wildman–Crippen LogP) is 0.369. The summed E-state index contributed by atoms with van der Waals surface area (Å²) < 4.78 is 0. The van der Waals surface area contributed by atoms with Crippen molar-refractivity contribution in [2.45, 2.75) is 22.7 Å². The number of hydrogen-bond donors (Lipinski definition) is 4. The third kappa shape index (κ3) is 3.80. The number of aliphatic hydroxyl groups is 1. The average molecular weight is 447 g/mol. The number of aromatic amines is 1. The molecule has 10 nitrogen and oxygen atoms in total. The first-order valence-corrected chi connectivity index (χ1v) is 10.9. The molecule has 0 saturated carbocycles. The Morgan fingerprint density at radius 2 is 2.13 bits per heavy atom. The Kier molecular flexibility index (Phi) is 5.79. The van der Waals surface area contributed by atoms with E-state index in [1.54, 1.807) is 30.3 Å². The van der Waals surface area contributed by atoms with E-state index >= 15 is 0 Å². The Hall–Kier alpha value is -2.83. The van der Waals surface area contributed by atoms with Gasteiger partial charge in [-0.3, -0.25) is 19.6 Å². The van der Waals surface area contributed by atoms with Crippen molar-refractivity contribution < 1.29 is 24.6 Å². The summed E-state index contributed by atoms with van der Waals surface area (Å²) in [5, 5.41) is 28.9. The first kappa shape index (κ1) is 20.4. The number of fused-ring (bicyclic) bond motifs is 1. The molecule has 0 aliphatic carbocycles. The Morgan fingerprint density at radius 1 is 1.37 bits per heavy atom. The quantitative estimate of drug-likeness (QED) is 0.349. The van der Waals surface area contributed by atoms with Gasteiger partial charge in [0.15, 0.2) is 11.3 Å². The van der Waals surface area contributed by atoms with Gasteiger partial charge in [0.1, 0.15) is 23.4 Å². The van der Waals surface area contributed by atoms with Crippen LogP contribution in [-0.4, -0.2) is 71.0 Å². The standard InChI is InChI=1S/C18H17N5O5S2/c24-13(9-4-2-1-3-5-9)14(25)21-11-15(26)23-12(17(27)28)10(6-29-16(11)23)7-30-18-19-8-20-22-18/h1-5,8,11,13,16,24H,6-7H2,(H,21,25)(H,27,28)(H,19,20,22)/t11?,13?,16-/m1/s1. The number of hydrogen-bond acceptors (Lipinski definition) is 8. The number of carboxylic acids is 1. The molecule has 0 spiro atoms. The monoisotopic (exact) mass is 447 g/mol. The number of amides is 2. The maximum atomic E-state index is 12.7. The third-order valence-corrected chi connectivity index (χ3v) is 6.99. The molecule has 2 aliphatic rings. The highest BCUT2D eigenvalue weighted by Gasteiger charge is 2.54. The summed E-state index contributed by atoms with van der Waals surface area (Å²) in [6, 6.07) is 7.48. The molecular weight excluding hydrogens is 430 g/mol. The lowest BCUT2D eigenvalue weighted by atomic mass is 10.0. The first-order valence-electron chi connectivity index (χ1n) is 8.89. The van der Waals surface area contributed by atoms with Crippen LogP contribution in [0.2, 0.25) is 0 Å². The topological polar surface area (TPSA) is 149 Å². The minimum atomic E-state index is -1.41. The number of carboxylic acid groups (broad SMARTS) is 1. The van der Waals surface area contributed by atoms with Gasteiger partial charge in [0.2, 0.25) is 0 Å². The lowest BCUT2D eigenvalue weighted by molar-refractivity contribution is -0.151. The summed E-state index contributed by atoms with van der Waals surface area (Å²) in [6.45, 7) is 0. The van der Waals surface area contributed by atoms with E-state index in [2.05, 4.69) is 20.5 Å². The smallest absolute Gasteiger partial charge is 0.352 e. The van der Waals surface area contributed by atoms with Crippen molar-refractivity contribution in [1.29, 1.82) is 0 Å². The molecule has 1 aromatic carbocycles. The molecule has 12 heteroatoms. The zero-order chi connectivity index (χ0) is 21.3. The van der Waals surface area contributed by atoms with Crippen molar-refractivity contribution in [3.8, 4) is 0 Å². The molecule has 3 heterocycles. The molecule has 2 unspecified atom stereocenters. The van der Waals surface area contributed by atoms with Gasteiger partial charge in [0.05, 0.1) is 0 Å². The summed E-state index contributed by atoms with van der Waals surface area (Å²) in [6.07, 6.45) is -0.0543. The minimum Gasteiger partial charge on any atom is -0.477 e. The number of nitrogens with one attached hydrogen (secondary N) is 2. The van der Waals surface area contributed by atoms with Crippen LogP contribution in [0.25, 0.3) is 0 Å². The van der Waals surface area contributed by atoms with Crippen LogP contribution < -0.4 is 5.32 Å². The van der Waals surface area contributed by atoms with Crippen LogP contribution in [0.5, 0.6) is 0 Å². The van der Waals surface area contributed by atoms with Crippen molar-refractivity contribution >= 4 is 41.3 Å². The largest absolute Gasteiger partial charge is 0.477 e. The van der Waals surface area contributed by atoms with Crippen molar-refractivity contribution in [3.63, 3.8) is 0 Å². The summed E-state index contributed by atoms with van der Waals surface area (Å²) in [5.74, 6) is -1.68. The molecule has 156 valence electrons. The number of aromatic nitrogens is 3. The molecule has 4 rings (SSSR count). The average Bonchev–Trinajstić information content (AvgIpc) is 3.28. The van der Waals surface area contributed by atoms with E-state index in [9.17, 15) is 24.6 Å². The number of benzene rings is 1. The van der Waals surface area contributed by atoms with Gasteiger partial charge in [-0.25, -0.2) is 9.78 Å². The molecule has 30 heavy (non-hydrogen) atoms. The van der Waals surface area contributed by atoms with Gasteiger partial charge in [-0.2, -0.15) is 5.10 Å². The summed E-state index contributed by atoms with van der Waals surface area (Å²) in [4.78, 5) is 42.1. The van der Waals surface area contributed by atoms with Crippen LogP contribution in [-0.2, 0) is 14.4 Å². The maximum Gasteiger partial charge on any atom is 0.352 e. The van der Waals surface area contributed by atoms with Gasteiger partial charge in [-0.05, 0) is 11.1 Å². The Morgan fingerprint density at radius 3 is 2.80 bits per heavy atom. The molecule has 2 amide bonds. The number of aliphatic hydroxyl groups excluding tert-OH is 1. The number of rotatable bonds is 7. The number of thioether (sulfide) groups is 2. The minimum absolute atomic E-state index is 0.0649. The zero-order valence-electron chi connectivity index (χ0n) is 15.4. The van der Waals surface area contributed by atoms with Crippen LogP contribution in [0.4, 0.5) is 0 Å². The van der Waals surface area contributed by atoms with Crippen molar-refractivity contribution in [2.75, 3.05) is 11.5 Å². The van der Waals surface area contributed by atoms with Gasteiger partial charge < -0.3 is 15.5 Å². The van der Waals surface area contributed by atoms with Crippen LogP contribution in [0.3, 0.4) is 0 Å². The van der Waals surface area contributed by atoms with Crippen LogP contribution >= 0.6 is 23.5 Å². The third-order valence-electron chi connectivity index (χ3n) is 4.69. The molecule has 1 fully saturated rings. The van der Waals surface area contributed by atoms with Gasteiger partial charge in [0.25, 0.3) is 11.8 Å². The number of H-pyrrole nitrogens is 1. The Bertz CT molecular complexity index is 998. The highest BCUT2D eigenvalue weighted by molar-refractivity contribution is 8.01. The highest BCUT2D eigenvalue weighted by Crippen LogP contribution is 2.41. The van der Waals surface area contributed by atoms with Crippen LogP contribution in [0.1, 0.15) is 11.7 Å². The Balaban J connectivity index is 1.46. The highest BCUT2D eigenvalue weighted by atomic mass is 32.2. The van der Waals surface area contributed by atoms with Gasteiger partial charge >= 0.3 is 5.97 Å². The molecule has 2 aromatic rings. The summed E-state index contributed by atoms with van der Waals surface area (Å²) >= 11 is 2.66. The molecular formula is C18H17N5O5S2. The van der Waals surface area contributed by atoms with E-state index in [1.807, 2.05) is 0 Å². The number of carbonyl (C=O) groups excluding carboxylic acids is 2. The van der Waals surface area contributed by atoms with Crippen LogP contribution in [0.15, 0.2) is 53.1 Å². The molecule has 3 atom stereocenters. The molecule has 2 aliphatic heterocycles. The van der Waals surface area contributed by atoms with Crippen molar-refractivity contribution in [1.82, 2.24) is 25.4 Å². The molecule has 0 radical (unpaired) electrons. The molecule has 1 aromatic heterocycles. The van der Waals surface area contributed by atoms with Crippen molar-refractivity contribution in [3.05, 3.63) is 53.5 Å². The second kappa shape index (κ2) is 8.50. The lowest BCUT2D eigenvalue weighted by Gasteiger charge is -2.49. The second-order valence-corrected chi connectivity index (χ2v) is 8.61. The summed E-state index contributed by atoms with van der Waals surface area (Å²) in [5.41, 5.74) is 0.935. The van der Waals surface area contributed by atoms with E-state index in [1.165, 1.54) is 34.8 Å². The van der Waals surface area contributed by atoms with Gasteiger partial charge in [0, 0.05) is 11.5 Å². The van der Waals surface area contributed by atoms with Crippen molar-refractivity contribution in [2.24, 2.45) is 0 Å². The predicted molar refractivity (Wildman–Crippen MR) is 108 cm³/mol. The van der Waals surface area contributed by atoms with E-state index in [-0.39, 0.29) is 5.70 Å². The maximum absolute atomic E-state index is 12.7. The number of β-lactam (4-membered cyclic amide) rings is 1. The summed E-state index contributed by atoms with van der Waals surface area (Å²) in [7, 11) is 0. The van der Waals surface area contributed by atoms with Gasteiger partial charge in [-0.1, -0.05) is 42.1 Å². The zero-order valence-corrected chi connectivity index (χ0v) is 17.0. The first-order chi connectivity index (χ1) is 14.5. The Labute approximate surface area is 179 Å². The van der Waals surface area contributed by atoms with E-state index in [0.717, 1.165) is 0 Å². The normalized spacial score (nSPS) is 21.6. The number of nitrogens with zero attached hydrogens (tertiary/aromatic N) is 3. The fourth-order valence-electron chi connectivity index (χ4n) is 3.23. The number of aliphatic carboxylic acids is 1. The fraction of sp³-hybridized carbons (Fsp3) is 0.278.